The number of nitrogens with zero attached hydrogens (tertiary/aromatic N) is 3. The van der Waals surface area contributed by atoms with E-state index in [1.165, 1.54) is 10.9 Å². The molecule has 1 aromatic carbocycles. The third kappa shape index (κ3) is 1.96. The highest BCUT2D eigenvalue weighted by molar-refractivity contribution is 5.70. The summed E-state index contributed by atoms with van der Waals surface area (Å²) in [4.78, 5) is 10.4. The van der Waals surface area contributed by atoms with Gasteiger partial charge in [0.15, 0.2) is 0 Å². The number of aromatic nitrogens is 2. The summed E-state index contributed by atoms with van der Waals surface area (Å²) in [5.74, 6) is 0.651. The minimum Gasteiger partial charge on any atom is -0.497 e. The number of benzene rings is 1. The molecule has 6 nitrogen and oxygen atoms in total. The van der Waals surface area contributed by atoms with E-state index in [0.717, 1.165) is 0 Å². The van der Waals surface area contributed by atoms with Crippen LogP contribution in [0, 0.1) is 10.1 Å². The molecule has 0 aliphatic carbocycles. The SMILES string of the molecule is COc1cccc(-c2c([N+](=O)[O-])cnn2C)c1. The van der Waals surface area contributed by atoms with Crippen LogP contribution in [-0.4, -0.2) is 21.8 Å². The molecule has 0 aliphatic heterocycles. The first-order valence-corrected chi connectivity index (χ1v) is 4.94. The van der Waals surface area contributed by atoms with Crippen LogP contribution >= 0.6 is 0 Å². The number of rotatable bonds is 3. The number of ether oxygens (including phenoxy) is 1. The molecule has 17 heavy (non-hydrogen) atoms. The Balaban J connectivity index is 2.59. The van der Waals surface area contributed by atoms with Crippen LogP contribution in [0.1, 0.15) is 0 Å². The maximum atomic E-state index is 10.9. The van der Waals surface area contributed by atoms with Crippen LogP contribution in [0.5, 0.6) is 5.75 Å². The van der Waals surface area contributed by atoms with Gasteiger partial charge in [0.2, 0.25) is 0 Å². The molecule has 2 aromatic rings. The highest BCUT2D eigenvalue weighted by Crippen LogP contribution is 2.30. The highest BCUT2D eigenvalue weighted by Gasteiger charge is 2.20. The summed E-state index contributed by atoms with van der Waals surface area (Å²) < 4.78 is 6.57. The molecule has 0 spiro atoms. The number of hydrogen-bond acceptors (Lipinski definition) is 4. The Morgan fingerprint density at radius 1 is 1.47 bits per heavy atom. The standard InChI is InChI=1S/C11H11N3O3/c1-13-11(10(7-12-13)14(15)16)8-4-3-5-9(6-8)17-2/h3-7H,1-2H3. The third-order valence-electron chi connectivity index (χ3n) is 2.46. The van der Waals surface area contributed by atoms with Gasteiger partial charge in [0, 0.05) is 12.6 Å². The Bertz CT molecular complexity index is 563. The lowest BCUT2D eigenvalue weighted by Gasteiger charge is -2.04. The maximum absolute atomic E-state index is 10.9. The molecule has 0 amide bonds. The zero-order chi connectivity index (χ0) is 12.4. The highest BCUT2D eigenvalue weighted by atomic mass is 16.6. The van der Waals surface area contributed by atoms with Gasteiger partial charge in [0.25, 0.3) is 0 Å². The van der Waals surface area contributed by atoms with Crippen molar-refractivity contribution in [2.75, 3.05) is 7.11 Å². The topological polar surface area (TPSA) is 70.2 Å². The molecule has 1 heterocycles. The molecular formula is C11H11N3O3. The van der Waals surface area contributed by atoms with Crippen molar-refractivity contribution >= 4 is 5.69 Å². The van der Waals surface area contributed by atoms with E-state index in [-0.39, 0.29) is 5.69 Å². The van der Waals surface area contributed by atoms with E-state index in [1.807, 2.05) is 0 Å². The van der Waals surface area contributed by atoms with Gasteiger partial charge in [-0.2, -0.15) is 5.10 Å². The van der Waals surface area contributed by atoms with E-state index < -0.39 is 4.92 Å². The second-order valence-corrected chi connectivity index (χ2v) is 3.49. The van der Waals surface area contributed by atoms with Gasteiger partial charge in [-0.25, -0.2) is 0 Å². The number of aryl methyl sites for hydroxylation is 1. The van der Waals surface area contributed by atoms with E-state index in [9.17, 15) is 10.1 Å². The summed E-state index contributed by atoms with van der Waals surface area (Å²) >= 11 is 0. The Labute approximate surface area is 97.6 Å². The molecular weight excluding hydrogens is 222 g/mol. The summed E-state index contributed by atoms with van der Waals surface area (Å²) in [5.41, 5.74) is 1.16. The summed E-state index contributed by atoms with van der Waals surface area (Å²) in [6, 6.07) is 7.09. The van der Waals surface area contributed by atoms with Crippen molar-refractivity contribution in [1.29, 1.82) is 0 Å². The van der Waals surface area contributed by atoms with Crippen molar-refractivity contribution in [2.45, 2.75) is 0 Å². The van der Waals surface area contributed by atoms with Crippen molar-refractivity contribution in [3.8, 4) is 17.0 Å². The van der Waals surface area contributed by atoms with Crippen molar-refractivity contribution in [2.24, 2.45) is 7.05 Å². The predicted molar refractivity (Wildman–Crippen MR) is 61.9 cm³/mol. The van der Waals surface area contributed by atoms with Crippen LogP contribution in [0.25, 0.3) is 11.3 Å². The molecule has 2 rings (SSSR count). The van der Waals surface area contributed by atoms with Gasteiger partial charge < -0.3 is 4.74 Å². The minimum atomic E-state index is -0.443. The molecule has 0 N–H and O–H groups in total. The lowest BCUT2D eigenvalue weighted by Crippen LogP contribution is -1.96. The Hall–Kier alpha value is -2.37. The fourth-order valence-corrected chi connectivity index (χ4v) is 1.66. The van der Waals surface area contributed by atoms with Gasteiger partial charge in [0.05, 0.1) is 12.0 Å². The molecule has 0 atom stereocenters. The zero-order valence-electron chi connectivity index (χ0n) is 9.45. The average molecular weight is 233 g/mol. The van der Waals surface area contributed by atoms with E-state index in [2.05, 4.69) is 5.10 Å². The number of methoxy groups -OCH3 is 1. The Morgan fingerprint density at radius 2 is 2.24 bits per heavy atom. The summed E-state index contributed by atoms with van der Waals surface area (Å²) in [6.45, 7) is 0. The van der Waals surface area contributed by atoms with Crippen LogP contribution < -0.4 is 4.74 Å². The fourth-order valence-electron chi connectivity index (χ4n) is 1.66. The summed E-state index contributed by atoms with van der Waals surface area (Å²) in [7, 11) is 3.22. The normalized spacial score (nSPS) is 10.2. The van der Waals surface area contributed by atoms with Crippen LogP contribution in [0.3, 0.4) is 0 Å². The fraction of sp³-hybridized carbons (Fsp3) is 0.182. The molecule has 0 aliphatic rings. The van der Waals surface area contributed by atoms with Crippen molar-refractivity contribution in [3.63, 3.8) is 0 Å². The molecule has 0 fully saturated rings. The molecule has 0 bridgehead atoms. The molecule has 6 heteroatoms. The van der Waals surface area contributed by atoms with Gasteiger partial charge in [-0.3, -0.25) is 14.8 Å². The van der Waals surface area contributed by atoms with Gasteiger partial charge in [0.1, 0.15) is 17.6 Å². The molecule has 0 saturated heterocycles. The zero-order valence-corrected chi connectivity index (χ0v) is 9.45. The quantitative estimate of drug-likeness (QED) is 0.600. The molecule has 0 radical (unpaired) electrons. The van der Waals surface area contributed by atoms with Crippen LogP contribution in [0.15, 0.2) is 30.5 Å². The van der Waals surface area contributed by atoms with Gasteiger partial charge in [-0.1, -0.05) is 12.1 Å². The van der Waals surface area contributed by atoms with Crippen LogP contribution in [0.2, 0.25) is 0 Å². The number of hydrogen-bond donors (Lipinski definition) is 0. The Morgan fingerprint density at radius 3 is 2.88 bits per heavy atom. The third-order valence-corrected chi connectivity index (χ3v) is 2.46. The van der Waals surface area contributed by atoms with Gasteiger partial charge in [-0.15, -0.1) is 0 Å². The van der Waals surface area contributed by atoms with Crippen LogP contribution in [0.4, 0.5) is 5.69 Å². The van der Waals surface area contributed by atoms with E-state index in [4.69, 9.17) is 4.74 Å². The van der Waals surface area contributed by atoms with E-state index in [0.29, 0.717) is 17.0 Å². The van der Waals surface area contributed by atoms with Crippen molar-refractivity contribution in [3.05, 3.63) is 40.6 Å². The molecule has 0 unspecified atom stereocenters. The molecule has 88 valence electrons. The first kappa shape index (κ1) is 11.1. The van der Waals surface area contributed by atoms with E-state index in [1.54, 1.807) is 38.4 Å². The first-order chi connectivity index (χ1) is 8.13. The molecule has 0 saturated carbocycles. The van der Waals surface area contributed by atoms with Crippen molar-refractivity contribution < 1.29 is 9.66 Å². The van der Waals surface area contributed by atoms with Gasteiger partial charge >= 0.3 is 5.69 Å². The predicted octanol–water partition coefficient (Wildman–Crippen LogP) is 2.00. The number of nitro groups is 1. The maximum Gasteiger partial charge on any atom is 0.314 e. The van der Waals surface area contributed by atoms with Gasteiger partial charge in [-0.05, 0) is 12.1 Å². The van der Waals surface area contributed by atoms with E-state index >= 15 is 0 Å². The Kier molecular flexibility index (Phi) is 2.78. The second-order valence-electron chi connectivity index (χ2n) is 3.49. The van der Waals surface area contributed by atoms with Crippen LogP contribution in [-0.2, 0) is 7.05 Å². The summed E-state index contributed by atoms with van der Waals surface area (Å²) in [6.07, 6.45) is 1.24. The largest absolute Gasteiger partial charge is 0.497 e. The lowest BCUT2D eigenvalue weighted by atomic mass is 10.1. The minimum absolute atomic E-state index is 0.0132. The van der Waals surface area contributed by atoms with Crippen molar-refractivity contribution in [1.82, 2.24) is 9.78 Å². The second kappa shape index (κ2) is 4.25. The smallest absolute Gasteiger partial charge is 0.314 e. The lowest BCUT2D eigenvalue weighted by molar-refractivity contribution is -0.384. The summed E-state index contributed by atoms with van der Waals surface area (Å²) in [5, 5.41) is 14.8. The average Bonchev–Trinajstić information content (AvgIpc) is 2.71. The molecule has 1 aromatic heterocycles. The monoisotopic (exact) mass is 233 g/mol. The first-order valence-electron chi connectivity index (χ1n) is 4.94.